The molecule has 0 bridgehead atoms. The fraction of sp³-hybridized carbons (Fsp3) is 0.304. The topological polar surface area (TPSA) is 38.8 Å². The summed E-state index contributed by atoms with van der Waals surface area (Å²) in [6, 6.07) is 11.7. The first-order valence-corrected chi connectivity index (χ1v) is 10.9. The Morgan fingerprint density at radius 1 is 1.07 bits per heavy atom. The molecule has 1 heterocycles. The third kappa shape index (κ3) is 4.82. The van der Waals surface area contributed by atoms with Crippen molar-refractivity contribution in [2.75, 3.05) is 18.1 Å². The molecule has 3 rings (SSSR count). The Labute approximate surface area is 181 Å². The smallest absolute Gasteiger partial charge is 0.270 e. The van der Waals surface area contributed by atoms with Crippen molar-refractivity contribution < 1.29 is 14.3 Å². The molecule has 0 saturated carbocycles. The van der Waals surface area contributed by atoms with Crippen LogP contribution in [-0.2, 0) is 4.79 Å². The average molecular weight is 428 g/mol. The highest BCUT2D eigenvalue weighted by atomic mass is 32.2. The highest BCUT2D eigenvalue weighted by Gasteiger charge is 2.34. The standard InChI is InChI=1S/C23H25NO3S2/c1-5-11-27-19-10-8-17(13-20(19)26-6-2)14-21-22(25)24(23(28)29-21)18-9-7-15(3)12-16(18)4/h7-10,12-14H,5-6,11H2,1-4H3/b21-14+. The summed E-state index contributed by atoms with van der Waals surface area (Å²) in [7, 11) is 0. The first-order valence-electron chi connectivity index (χ1n) is 9.69. The van der Waals surface area contributed by atoms with Gasteiger partial charge in [0, 0.05) is 0 Å². The molecule has 152 valence electrons. The molecule has 2 aromatic rings. The predicted octanol–water partition coefficient (Wildman–Crippen LogP) is 5.90. The van der Waals surface area contributed by atoms with Crippen LogP contribution in [0.5, 0.6) is 11.5 Å². The van der Waals surface area contributed by atoms with Crippen LogP contribution in [-0.4, -0.2) is 23.4 Å². The molecule has 0 unspecified atom stereocenters. The van der Waals surface area contributed by atoms with Crippen molar-refractivity contribution >= 4 is 46.0 Å². The van der Waals surface area contributed by atoms with Gasteiger partial charge in [0.15, 0.2) is 15.8 Å². The molecule has 29 heavy (non-hydrogen) atoms. The van der Waals surface area contributed by atoms with E-state index < -0.39 is 0 Å². The second-order valence-electron chi connectivity index (χ2n) is 6.79. The Morgan fingerprint density at radius 2 is 1.86 bits per heavy atom. The monoisotopic (exact) mass is 427 g/mol. The first kappa shape index (κ1) is 21.4. The summed E-state index contributed by atoms with van der Waals surface area (Å²) in [4.78, 5) is 15.3. The SMILES string of the molecule is CCCOc1ccc(/C=C2/SC(=S)N(c3ccc(C)cc3C)C2=O)cc1OCC. The lowest BCUT2D eigenvalue weighted by atomic mass is 10.1. The van der Waals surface area contributed by atoms with E-state index in [1.54, 1.807) is 4.90 Å². The van der Waals surface area contributed by atoms with E-state index >= 15 is 0 Å². The van der Waals surface area contributed by atoms with Gasteiger partial charge >= 0.3 is 0 Å². The molecule has 1 amide bonds. The number of benzene rings is 2. The maximum Gasteiger partial charge on any atom is 0.270 e. The number of thiocarbonyl (C=S) groups is 1. The minimum absolute atomic E-state index is 0.101. The maximum absolute atomic E-state index is 13.1. The molecule has 0 radical (unpaired) electrons. The Balaban J connectivity index is 1.90. The molecule has 1 saturated heterocycles. The molecular weight excluding hydrogens is 402 g/mol. The molecule has 0 spiro atoms. The first-order chi connectivity index (χ1) is 13.9. The van der Waals surface area contributed by atoms with Gasteiger partial charge in [0.05, 0.1) is 23.8 Å². The number of thioether (sulfide) groups is 1. The zero-order valence-electron chi connectivity index (χ0n) is 17.2. The van der Waals surface area contributed by atoms with Crippen LogP contribution in [0.25, 0.3) is 6.08 Å². The van der Waals surface area contributed by atoms with E-state index in [9.17, 15) is 4.79 Å². The van der Waals surface area contributed by atoms with E-state index in [-0.39, 0.29) is 5.91 Å². The fourth-order valence-electron chi connectivity index (χ4n) is 3.10. The normalized spacial score (nSPS) is 15.3. The lowest BCUT2D eigenvalue weighted by Gasteiger charge is -2.17. The van der Waals surface area contributed by atoms with E-state index in [2.05, 4.69) is 13.0 Å². The van der Waals surface area contributed by atoms with E-state index in [1.165, 1.54) is 11.8 Å². The van der Waals surface area contributed by atoms with Crippen LogP contribution in [0.4, 0.5) is 5.69 Å². The van der Waals surface area contributed by atoms with Gasteiger partial charge in [-0.25, -0.2) is 0 Å². The minimum Gasteiger partial charge on any atom is -0.490 e. The number of hydrogen-bond donors (Lipinski definition) is 0. The lowest BCUT2D eigenvalue weighted by molar-refractivity contribution is -0.113. The van der Waals surface area contributed by atoms with Crippen LogP contribution in [0.3, 0.4) is 0 Å². The summed E-state index contributed by atoms with van der Waals surface area (Å²) in [6.07, 6.45) is 2.78. The largest absolute Gasteiger partial charge is 0.490 e. The van der Waals surface area contributed by atoms with Gasteiger partial charge in [0.2, 0.25) is 0 Å². The Hall–Kier alpha value is -2.31. The van der Waals surface area contributed by atoms with Crippen LogP contribution >= 0.6 is 24.0 Å². The van der Waals surface area contributed by atoms with Gasteiger partial charge in [-0.05, 0) is 62.6 Å². The van der Waals surface area contributed by atoms with E-state index in [0.717, 1.165) is 28.8 Å². The van der Waals surface area contributed by atoms with Crippen LogP contribution < -0.4 is 14.4 Å². The van der Waals surface area contributed by atoms with Crippen LogP contribution in [0, 0.1) is 13.8 Å². The number of ether oxygens (including phenoxy) is 2. The summed E-state index contributed by atoms with van der Waals surface area (Å²) < 4.78 is 12.0. The number of rotatable bonds is 7. The second-order valence-corrected chi connectivity index (χ2v) is 8.47. The summed E-state index contributed by atoms with van der Waals surface area (Å²) in [5.41, 5.74) is 3.89. The molecular formula is C23H25NO3S2. The number of carbonyl (C=O) groups is 1. The van der Waals surface area contributed by atoms with Crippen LogP contribution in [0.2, 0.25) is 0 Å². The molecule has 6 heteroatoms. The average Bonchev–Trinajstić information content (AvgIpc) is 2.95. The summed E-state index contributed by atoms with van der Waals surface area (Å²) in [5, 5.41) is 0. The summed E-state index contributed by atoms with van der Waals surface area (Å²) in [6.45, 7) is 9.20. The highest BCUT2D eigenvalue weighted by Crippen LogP contribution is 2.38. The summed E-state index contributed by atoms with van der Waals surface area (Å²) in [5.74, 6) is 1.30. The third-order valence-electron chi connectivity index (χ3n) is 4.41. The van der Waals surface area contributed by atoms with Gasteiger partial charge in [0.25, 0.3) is 5.91 Å². The predicted molar refractivity (Wildman–Crippen MR) is 125 cm³/mol. The number of anilines is 1. The lowest BCUT2D eigenvalue weighted by Crippen LogP contribution is -2.28. The third-order valence-corrected chi connectivity index (χ3v) is 5.72. The van der Waals surface area contributed by atoms with Crippen molar-refractivity contribution in [3.8, 4) is 11.5 Å². The van der Waals surface area contributed by atoms with Gasteiger partial charge in [-0.2, -0.15) is 0 Å². The molecule has 0 atom stereocenters. The Bertz CT molecular complexity index is 969. The zero-order chi connectivity index (χ0) is 21.0. The number of amides is 1. The Kier molecular flexibility index (Phi) is 6.98. The van der Waals surface area contributed by atoms with Crippen LogP contribution in [0.15, 0.2) is 41.3 Å². The number of nitrogens with zero attached hydrogens (tertiary/aromatic N) is 1. The van der Waals surface area contributed by atoms with Crippen molar-refractivity contribution in [2.24, 2.45) is 0 Å². The molecule has 2 aromatic carbocycles. The quantitative estimate of drug-likeness (QED) is 0.406. The summed E-state index contributed by atoms with van der Waals surface area (Å²) >= 11 is 6.82. The van der Waals surface area contributed by atoms with Gasteiger partial charge in [-0.15, -0.1) is 0 Å². The molecule has 1 fully saturated rings. The Morgan fingerprint density at radius 3 is 2.55 bits per heavy atom. The molecule has 0 aliphatic carbocycles. The molecule has 0 aromatic heterocycles. The van der Waals surface area contributed by atoms with Crippen LogP contribution in [0.1, 0.15) is 37.0 Å². The minimum atomic E-state index is -0.101. The van der Waals surface area contributed by atoms with Crippen molar-refractivity contribution in [1.29, 1.82) is 0 Å². The number of carbonyl (C=O) groups excluding carboxylic acids is 1. The van der Waals surface area contributed by atoms with Gasteiger partial charge in [-0.1, -0.05) is 54.7 Å². The fourth-order valence-corrected chi connectivity index (χ4v) is 4.38. The zero-order valence-corrected chi connectivity index (χ0v) is 18.8. The van der Waals surface area contributed by atoms with Crippen molar-refractivity contribution in [3.63, 3.8) is 0 Å². The van der Waals surface area contributed by atoms with E-state index in [1.807, 2.05) is 57.2 Å². The van der Waals surface area contributed by atoms with Crippen molar-refractivity contribution in [1.82, 2.24) is 0 Å². The maximum atomic E-state index is 13.1. The van der Waals surface area contributed by atoms with Gasteiger partial charge in [-0.3, -0.25) is 9.69 Å². The number of aryl methyl sites for hydroxylation is 2. The number of hydrogen-bond acceptors (Lipinski definition) is 5. The molecule has 0 N–H and O–H groups in total. The van der Waals surface area contributed by atoms with E-state index in [0.29, 0.717) is 33.9 Å². The van der Waals surface area contributed by atoms with Crippen molar-refractivity contribution in [3.05, 3.63) is 58.0 Å². The van der Waals surface area contributed by atoms with Crippen molar-refractivity contribution in [2.45, 2.75) is 34.1 Å². The van der Waals surface area contributed by atoms with Gasteiger partial charge < -0.3 is 9.47 Å². The molecule has 1 aliphatic rings. The molecule has 4 nitrogen and oxygen atoms in total. The highest BCUT2D eigenvalue weighted by molar-refractivity contribution is 8.27. The van der Waals surface area contributed by atoms with Gasteiger partial charge in [0.1, 0.15) is 0 Å². The second kappa shape index (κ2) is 9.46. The van der Waals surface area contributed by atoms with E-state index in [4.69, 9.17) is 21.7 Å². The molecule has 1 aliphatic heterocycles.